The predicted molar refractivity (Wildman–Crippen MR) is 164 cm³/mol. The summed E-state index contributed by atoms with van der Waals surface area (Å²) in [5, 5.41) is 2.49. The van der Waals surface area contributed by atoms with Crippen LogP contribution in [0.5, 0.6) is 5.75 Å². The van der Waals surface area contributed by atoms with E-state index in [9.17, 15) is 0 Å². The first-order valence-corrected chi connectivity index (χ1v) is 13.2. The Balaban J connectivity index is 1.47. The van der Waals surface area contributed by atoms with Crippen molar-refractivity contribution in [3.05, 3.63) is 146 Å². The van der Waals surface area contributed by atoms with Crippen LogP contribution in [0, 0.1) is 0 Å². The molecule has 0 fully saturated rings. The largest absolute Gasteiger partial charge is 0.497 e. The average Bonchev–Trinajstić information content (AvgIpc) is 3.35. The van der Waals surface area contributed by atoms with Gasteiger partial charge in [0, 0.05) is 16.5 Å². The van der Waals surface area contributed by atoms with Crippen molar-refractivity contribution in [2.75, 3.05) is 7.11 Å². The molecule has 39 heavy (non-hydrogen) atoms. The summed E-state index contributed by atoms with van der Waals surface area (Å²) in [4.78, 5) is 0. The minimum absolute atomic E-state index is 0.858. The van der Waals surface area contributed by atoms with Crippen LogP contribution in [0.25, 0.3) is 60.9 Å². The van der Waals surface area contributed by atoms with Crippen LogP contribution in [-0.2, 0) is 0 Å². The summed E-state index contributed by atoms with van der Waals surface area (Å²) in [6.07, 6.45) is 0. The molecule has 2 heteroatoms. The normalized spacial score (nSPS) is 11.2. The first-order valence-electron chi connectivity index (χ1n) is 13.2. The van der Waals surface area contributed by atoms with E-state index in [2.05, 4.69) is 138 Å². The smallest absolute Gasteiger partial charge is 0.119 e. The molecular weight excluding hydrogens is 474 g/mol. The van der Waals surface area contributed by atoms with Gasteiger partial charge in [0.2, 0.25) is 0 Å². The van der Waals surface area contributed by atoms with Crippen molar-refractivity contribution in [1.82, 2.24) is 4.57 Å². The van der Waals surface area contributed by atoms with E-state index < -0.39 is 0 Å². The Morgan fingerprint density at radius 3 is 1.46 bits per heavy atom. The maximum atomic E-state index is 5.48. The summed E-state index contributed by atoms with van der Waals surface area (Å²) in [5.41, 5.74) is 10.7. The van der Waals surface area contributed by atoms with E-state index in [4.69, 9.17) is 4.74 Å². The standard InChI is InChI=1S/C37H27NO/c1-39-33-17-9-15-29(23-33)28-14-8-16-32(22-28)38-36-20-18-30(26-10-4-2-5-11-26)24-34(36)35-25-31(19-21-37(35)38)27-12-6-3-7-13-27/h2-25H,1H3. The molecule has 7 aromatic rings. The fourth-order valence-corrected chi connectivity index (χ4v) is 5.55. The molecule has 7 rings (SSSR count). The number of hydrogen-bond acceptors (Lipinski definition) is 1. The first kappa shape index (κ1) is 23.1. The number of ether oxygens (including phenoxy) is 1. The zero-order chi connectivity index (χ0) is 26.2. The maximum absolute atomic E-state index is 5.48. The molecule has 186 valence electrons. The Bertz CT molecular complexity index is 1840. The molecule has 0 saturated carbocycles. The van der Waals surface area contributed by atoms with Gasteiger partial charge in [0.15, 0.2) is 0 Å². The Morgan fingerprint density at radius 1 is 0.410 bits per heavy atom. The minimum atomic E-state index is 0.858. The zero-order valence-electron chi connectivity index (χ0n) is 21.7. The van der Waals surface area contributed by atoms with Crippen LogP contribution in [0.3, 0.4) is 0 Å². The highest BCUT2D eigenvalue weighted by Gasteiger charge is 2.15. The summed E-state index contributed by atoms with van der Waals surface area (Å²) in [7, 11) is 1.71. The lowest BCUT2D eigenvalue weighted by Crippen LogP contribution is -1.94. The van der Waals surface area contributed by atoms with E-state index in [1.807, 2.05) is 12.1 Å². The number of aromatic nitrogens is 1. The van der Waals surface area contributed by atoms with Crippen LogP contribution in [0.15, 0.2) is 146 Å². The van der Waals surface area contributed by atoms with Crippen molar-refractivity contribution in [2.45, 2.75) is 0 Å². The molecule has 0 N–H and O–H groups in total. The molecule has 1 heterocycles. The SMILES string of the molecule is COc1cccc(-c2cccc(-n3c4ccc(-c5ccccc5)cc4c4cc(-c5ccccc5)ccc43)c2)c1. The number of benzene rings is 6. The van der Waals surface area contributed by atoms with Gasteiger partial charge in [0.1, 0.15) is 5.75 Å². The number of fused-ring (bicyclic) bond motifs is 3. The number of rotatable bonds is 5. The highest BCUT2D eigenvalue weighted by atomic mass is 16.5. The van der Waals surface area contributed by atoms with E-state index in [1.165, 1.54) is 44.1 Å². The van der Waals surface area contributed by atoms with Crippen LogP contribution in [0.4, 0.5) is 0 Å². The second kappa shape index (κ2) is 9.66. The Labute approximate surface area is 228 Å². The lowest BCUT2D eigenvalue weighted by molar-refractivity contribution is 0.415. The average molecular weight is 502 g/mol. The van der Waals surface area contributed by atoms with Gasteiger partial charge in [0.25, 0.3) is 0 Å². The maximum Gasteiger partial charge on any atom is 0.119 e. The van der Waals surface area contributed by atoms with E-state index in [-0.39, 0.29) is 0 Å². The quantitative estimate of drug-likeness (QED) is 0.229. The molecule has 6 aromatic carbocycles. The van der Waals surface area contributed by atoms with Gasteiger partial charge < -0.3 is 9.30 Å². The van der Waals surface area contributed by atoms with Crippen molar-refractivity contribution < 1.29 is 4.74 Å². The van der Waals surface area contributed by atoms with Crippen LogP contribution in [0.1, 0.15) is 0 Å². The van der Waals surface area contributed by atoms with Crippen molar-refractivity contribution in [1.29, 1.82) is 0 Å². The molecule has 2 nitrogen and oxygen atoms in total. The molecule has 0 radical (unpaired) electrons. The monoisotopic (exact) mass is 501 g/mol. The second-order valence-corrected chi connectivity index (χ2v) is 9.81. The third-order valence-electron chi connectivity index (χ3n) is 7.49. The molecule has 0 atom stereocenters. The molecular formula is C37H27NO. The summed E-state index contributed by atoms with van der Waals surface area (Å²) < 4.78 is 7.87. The van der Waals surface area contributed by atoms with Crippen molar-refractivity contribution in [2.24, 2.45) is 0 Å². The van der Waals surface area contributed by atoms with E-state index >= 15 is 0 Å². The molecule has 0 aliphatic carbocycles. The molecule has 0 saturated heterocycles. The highest BCUT2D eigenvalue weighted by Crippen LogP contribution is 2.38. The number of nitrogens with zero attached hydrogens (tertiary/aromatic N) is 1. The molecule has 1 aromatic heterocycles. The van der Waals surface area contributed by atoms with Gasteiger partial charge in [0.05, 0.1) is 18.1 Å². The third-order valence-corrected chi connectivity index (χ3v) is 7.49. The predicted octanol–water partition coefficient (Wildman–Crippen LogP) is 9.79. The minimum Gasteiger partial charge on any atom is -0.497 e. The number of hydrogen-bond donors (Lipinski definition) is 0. The van der Waals surface area contributed by atoms with Crippen molar-refractivity contribution in [3.63, 3.8) is 0 Å². The van der Waals surface area contributed by atoms with Gasteiger partial charge in [-0.25, -0.2) is 0 Å². The van der Waals surface area contributed by atoms with Gasteiger partial charge in [-0.3, -0.25) is 0 Å². The first-order chi connectivity index (χ1) is 19.3. The molecule has 0 aliphatic rings. The van der Waals surface area contributed by atoms with Gasteiger partial charge in [-0.15, -0.1) is 0 Å². The summed E-state index contributed by atoms with van der Waals surface area (Å²) in [6, 6.07) is 51.9. The Kier molecular flexibility index (Phi) is 5.71. The third kappa shape index (κ3) is 4.17. The Hall–Kier alpha value is -5.08. The summed E-state index contributed by atoms with van der Waals surface area (Å²) >= 11 is 0. The van der Waals surface area contributed by atoms with E-state index in [0.29, 0.717) is 0 Å². The molecule has 0 unspecified atom stereocenters. The van der Waals surface area contributed by atoms with Gasteiger partial charge in [-0.05, 0) is 81.9 Å². The Morgan fingerprint density at radius 2 is 0.897 bits per heavy atom. The molecule has 0 bridgehead atoms. The lowest BCUT2D eigenvalue weighted by Gasteiger charge is -2.11. The summed E-state index contributed by atoms with van der Waals surface area (Å²) in [6.45, 7) is 0. The van der Waals surface area contributed by atoms with Gasteiger partial charge in [-0.1, -0.05) is 97.1 Å². The highest BCUT2D eigenvalue weighted by molar-refractivity contribution is 6.11. The van der Waals surface area contributed by atoms with Crippen LogP contribution in [-0.4, -0.2) is 11.7 Å². The zero-order valence-corrected chi connectivity index (χ0v) is 21.7. The van der Waals surface area contributed by atoms with Crippen LogP contribution < -0.4 is 4.74 Å². The lowest BCUT2D eigenvalue weighted by atomic mass is 10.0. The topological polar surface area (TPSA) is 14.2 Å². The molecule has 0 amide bonds. The second-order valence-electron chi connectivity index (χ2n) is 9.81. The number of methoxy groups -OCH3 is 1. The van der Waals surface area contributed by atoms with Gasteiger partial charge in [-0.2, -0.15) is 0 Å². The molecule has 0 spiro atoms. The van der Waals surface area contributed by atoms with Gasteiger partial charge >= 0.3 is 0 Å². The van der Waals surface area contributed by atoms with Crippen LogP contribution >= 0.6 is 0 Å². The fraction of sp³-hybridized carbons (Fsp3) is 0.0270. The van der Waals surface area contributed by atoms with Crippen molar-refractivity contribution in [3.8, 4) is 44.8 Å². The van der Waals surface area contributed by atoms with Crippen LogP contribution in [0.2, 0.25) is 0 Å². The molecule has 0 aliphatic heterocycles. The summed E-state index contributed by atoms with van der Waals surface area (Å²) in [5.74, 6) is 0.858. The van der Waals surface area contributed by atoms with Crippen molar-refractivity contribution >= 4 is 21.8 Å². The fourth-order valence-electron chi connectivity index (χ4n) is 5.55. The van der Waals surface area contributed by atoms with E-state index in [1.54, 1.807) is 7.11 Å². The van der Waals surface area contributed by atoms with E-state index in [0.717, 1.165) is 22.6 Å².